The van der Waals surface area contributed by atoms with Gasteiger partial charge in [-0.05, 0) is 149 Å². The Balaban J connectivity index is 1.27. The maximum absolute atomic E-state index is 9.68. The van der Waals surface area contributed by atoms with Crippen molar-refractivity contribution in [3.63, 3.8) is 0 Å². The Hall–Kier alpha value is -5.39. The highest BCUT2D eigenvalue weighted by atomic mass is 15.1. The molecule has 0 aliphatic heterocycles. The van der Waals surface area contributed by atoms with Crippen molar-refractivity contribution in [2.45, 2.75) is 37.5 Å². The number of benzene rings is 6. The van der Waals surface area contributed by atoms with Crippen LogP contribution >= 0.6 is 0 Å². The summed E-state index contributed by atoms with van der Waals surface area (Å²) in [4.78, 5) is 2.43. The van der Waals surface area contributed by atoms with Crippen LogP contribution in [0.25, 0.3) is 33.4 Å². The van der Waals surface area contributed by atoms with Crippen molar-refractivity contribution in [3.8, 4) is 39.4 Å². The fourth-order valence-electron chi connectivity index (χ4n) is 10.8. The number of fused-ring (bicyclic) bond motifs is 3. The first-order valence-corrected chi connectivity index (χ1v) is 18.0. The van der Waals surface area contributed by atoms with E-state index in [2.05, 4.69) is 144 Å². The van der Waals surface area contributed by atoms with Crippen LogP contribution in [0.3, 0.4) is 0 Å². The number of rotatable bonds is 5. The van der Waals surface area contributed by atoms with Gasteiger partial charge in [0.25, 0.3) is 0 Å². The van der Waals surface area contributed by atoms with Crippen LogP contribution in [0.2, 0.25) is 0 Å². The molecule has 4 fully saturated rings. The molecule has 0 radical (unpaired) electrons. The number of hydrogen-bond donors (Lipinski definition) is 0. The summed E-state index contributed by atoms with van der Waals surface area (Å²) in [6.07, 6.45) is 6.87. The molecule has 6 aromatic carbocycles. The van der Waals surface area contributed by atoms with Crippen molar-refractivity contribution in [1.82, 2.24) is 0 Å². The van der Waals surface area contributed by atoms with Crippen molar-refractivity contribution < 1.29 is 0 Å². The molecule has 0 atom stereocenters. The normalized spacial score (nSPS) is 24.0. The van der Waals surface area contributed by atoms with Crippen molar-refractivity contribution in [2.24, 2.45) is 23.7 Å². The molecule has 0 heterocycles. The Morgan fingerprint density at radius 2 is 1.10 bits per heavy atom. The van der Waals surface area contributed by atoms with Gasteiger partial charge in [0, 0.05) is 22.4 Å². The van der Waals surface area contributed by atoms with Crippen LogP contribution in [0.15, 0.2) is 146 Å². The van der Waals surface area contributed by atoms with Gasteiger partial charge in [-0.2, -0.15) is 5.26 Å². The van der Waals surface area contributed by atoms with Gasteiger partial charge in [0.1, 0.15) is 0 Å². The zero-order valence-corrected chi connectivity index (χ0v) is 27.6. The molecule has 4 bridgehead atoms. The van der Waals surface area contributed by atoms with Crippen LogP contribution in [-0.2, 0) is 5.41 Å². The van der Waals surface area contributed by atoms with E-state index in [1.165, 1.54) is 76.7 Å². The topological polar surface area (TPSA) is 27.0 Å². The van der Waals surface area contributed by atoms with Crippen molar-refractivity contribution in [3.05, 3.63) is 162 Å². The number of nitrogens with zero attached hydrogens (tertiary/aromatic N) is 2. The lowest BCUT2D eigenvalue weighted by Crippen LogP contribution is -2.55. The molecular formula is C47H38N2. The van der Waals surface area contributed by atoms with Gasteiger partial charge in [-0.25, -0.2) is 0 Å². The van der Waals surface area contributed by atoms with Gasteiger partial charge in [0.2, 0.25) is 0 Å². The van der Waals surface area contributed by atoms with Crippen LogP contribution in [0.1, 0.15) is 48.8 Å². The molecule has 5 aliphatic rings. The molecule has 236 valence electrons. The average molecular weight is 631 g/mol. The van der Waals surface area contributed by atoms with E-state index >= 15 is 0 Å². The quantitative estimate of drug-likeness (QED) is 0.189. The molecule has 5 aliphatic carbocycles. The third-order valence-corrected chi connectivity index (χ3v) is 12.5. The minimum atomic E-state index is 0.0610. The minimum absolute atomic E-state index is 0.0610. The first kappa shape index (κ1) is 28.6. The van der Waals surface area contributed by atoms with Crippen molar-refractivity contribution in [2.75, 3.05) is 4.90 Å². The smallest absolute Gasteiger partial charge is 0.0991 e. The summed E-state index contributed by atoms with van der Waals surface area (Å²) in [5, 5.41) is 9.68. The zero-order chi connectivity index (χ0) is 32.5. The number of para-hydroxylation sites is 1. The van der Waals surface area contributed by atoms with Gasteiger partial charge in [0.15, 0.2) is 0 Å². The lowest BCUT2D eigenvalue weighted by Gasteiger charge is -2.61. The van der Waals surface area contributed by atoms with E-state index in [1.807, 2.05) is 12.1 Å². The van der Waals surface area contributed by atoms with E-state index in [0.29, 0.717) is 17.4 Å². The van der Waals surface area contributed by atoms with Crippen LogP contribution in [-0.4, -0.2) is 0 Å². The van der Waals surface area contributed by atoms with E-state index < -0.39 is 0 Å². The van der Waals surface area contributed by atoms with Crippen LogP contribution in [0.5, 0.6) is 0 Å². The highest BCUT2D eigenvalue weighted by Crippen LogP contribution is 2.70. The predicted molar refractivity (Wildman–Crippen MR) is 200 cm³/mol. The zero-order valence-electron chi connectivity index (χ0n) is 27.6. The highest BCUT2D eigenvalue weighted by Gasteiger charge is 2.61. The Labute approximate surface area is 289 Å². The van der Waals surface area contributed by atoms with Gasteiger partial charge < -0.3 is 4.90 Å². The lowest BCUT2D eigenvalue weighted by atomic mass is 9.43. The van der Waals surface area contributed by atoms with Gasteiger partial charge in [-0.15, -0.1) is 0 Å². The SMILES string of the molecule is N#Cc1ccc(N(c2ccccc2)c2cc3c(cc2-c2cccc(-c4ccccc4)c2)-c2ccccc2C32C3CC4CC(C3)CC2C4)cc1. The molecule has 4 saturated carbocycles. The van der Waals surface area contributed by atoms with E-state index in [0.717, 1.165) is 23.2 Å². The third-order valence-electron chi connectivity index (χ3n) is 12.5. The number of nitriles is 1. The van der Waals surface area contributed by atoms with E-state index in [1.54, 1.807) is 5.56 Å². The second kappa shape index (κ2) is 11.1. The second-order valence-electron chi connectivity index (χ2n) is 14.9. The van der Waals surface area contributed by atoms with Gasteiger partial charge in [-0.3, -0.25) is 0 Å². The molecule has 11 rings (SSSR count). The summed E-state index contributed by atoms with van der Waals surface area (Å²) in [5.74, 6) is 3.16. The van der Waals surface area contributed by atoms with E-state index in [-0.39, 0.29) is 5.41 Å². The Morgan fingerprint density at radius 3 is 1.82 bits per heavy atom. The lowest BCUT2D eigenvalue weighted by molar-refractivity contribution is -0.0399. The van der Waals surface area contributed by atoms with Crippen molar-refractivity contribution in [1.29, 1.82) is 5.26 Å². The molecule has 0 saturated heterocycles. The number of hydrogen-bond acceptors (Lipinski definition) is 2. The summed E-state index contributed by atoms with van der Waals surface area (Å²) < 4.78 is 0. The summed E-state index contributed by atoms with van der Waals surface area (Å²) in [6, 6.07) is 55.5. The predicted octanol–water partition coefficient (Wildman–Crippen LogP) is 12.1. The van der Waals surface area contributed by atoms with Gasteiger partial charge >= 0.3 is 0 Å². The standard InChI is InChI=1S/C47H38N2/c48-30-31-18-20-40(21-19-31)49(39-14-5-2-6-15-39)46-29-45-43(28-42(46)36-13-9-12-35(27-36)34-10-3-1-4-11-34)41-16-7-8-17-44(41)47(45)37-23-32-22-33(25-37)26-38(47)24-32/h1-21,27-29,32-33,37-38H,22-26H2. The molecule has 6 aromatic rings. The minimum Gasteiger partial charge on any atom is -0.310 e. The summed E-state index contributed by atoms with van der Waals surface area (Å²) in [7, 11) is 0. The average Bonchev–Trinajstić information content (AvgIpc) is 3.44. The molecule has 0 amide bonds. The molecule has 1 spiro atoms. The monoisotopic (exact) mass is 630 g/mol. The fraction of sp³-hybridized carbons (Fsp3) is 0.213. The first-order chi connectivity index (χ1) is 24.2. The second-order valence-corrected chi connectivity index (χ2v) is 14.9. The molecule has 49 heavy (non-hydrogen) atoms. The molecule has 0 unspecified atom stereocenters. The Morgan fingerprint density at radius 1 is 0.490 bits per heavy atom. The molecule has 0 N–H and O–H groups in total. The van der Waals surface area contributed by atoms with Crippen molar-refractivity contribution >= 4 is 17.1 Å². The Bertz CT molecular complexity index is 2210. The van der Waals surface area contributed by atoms with E-state index in [4.69, 9.17) is 0 Å². The summed E-state index contributed by atoms with van der Waals surface area (Å²) >= 11 is 0. The molecule has 2 heteroatoms. The van der Waals surface area contributed by atoms with Gasteiger partial charge in [0.05, 0.1) is 17.3 Å². The first-order valence-electron chi connectivity index (χ1n) is 18.0. The number of anilines is 3. The molecule has 0 aromatic heterocycles. The maximum Gasteiger partial charge on any atom is 0.0991 e. The van der Waals surface area contributed by atoms with Crippen LogP contribution in [0.4, 0.5) is 17.1 Å². The summed E-state index contributed by atoms with van der Waals surface area (Å²) in [6.45, 7) is 0. The summed E-state index contributed by atoms with van der Waals surface area (Å²) in [5.41, 5.74) is 14.9. The Kier molecular flexibility index (Phi) is 6.47. The highest BCUT2D eigenvalue weighted by molar-refractivity contribution is 5.95. The van der Waals surface area contributed by atoms with E-state index in [9.17, 15) is 5.26 Å². The molecular weight excluding hydrogens is 593 g/mol. The van der Waals surface area contributed by atoms with Gasteiger partial charge in [-0.1, -0.05) is 91.0 Å². The van der Waals surface area contributed by atoms with Crippen LogP contribution < -0.4 is 4.90 Å². The largest absolute Gasteiger partial charge is 0.310 e. The maximum atomic E-state index is 9.68. The van der Waals surface area contributed by atoms with Crippen LogP contribution in [0, 0.1) is 35.0 Å². The third kappa shape index (κ3) is 4.32. The fourth-order valence-corrected chi connectivity index (χ4v) is 10.8. The molecule has 2 nitrogen and oxygen atoms in total.